The van der Waals surface area contributed by atoms with Crippen LogP contribution in [-0.4, -0.2) is 24.3 Å². The van der Waals surface area contributed by atoms with E-state index >= 15 is 0 Å². The normalized spacial score (nSPS) is 13.0. The van der Waals surface area contributed by atoms with E-state index in [0.717, 1.165) is 44.3 Å². The van der Waals surface area contributed by atoms with Crippen LogP contribution < -0.4 is 0 Å². The van der Waals surface area contributed by atoms with Crippen LogP contribution in [0.25, 0.3) is 93.0 Å². The van der Waals surface area contributed by atoms with Gasteiger partial charge in [-0.2, -0.15) is 0 Å². The lowest BCUT2D eigenvalue weighted by Crippen LogP contribution is -2.28. The first-order chi connectivity index (χ1) is 30.3. The molecule has 0 aliphatic heterocycles. The minimum atomic E-state index is -0.539. The van der Waals surface area contributed by atoms with Gasteiger partial charge < -0.3 is 0 Å². The van der Waals surface area contributed by atoms with Crippen LogP contribution in [0.5, 0.6) is 0 Å². The van der Waals surface area contributed by atoms with Crippen LogP contribution >= 0.6 is 11.3 Å². The van der Waals surface area contributed by atoms with E-state index in [9.17, 15) is 0 Å². The van der Waals surface area contributed by atoms with Crippen molar-refractivity contribution in [3.05, 3.63) is 222 Å². The number of pyridine rings is 1. The number of thiophene rings is 1. The van der Waals surface area contributed by atoms with Crippen molar-refractivity contribution in [2.45, 2.75) is 5.41 Å². The van der Waals surface area contributed by atoms with Gasteiger partial charge in [-0.05, 0) is 69.1 Å². The summed E-state index contributed by atoms with van der Waals surface area (Å²) in [5.74, 6) is 1.90. The summed E-state index contributed by atoms with van der Waals surface area (Å²) in [6.45, 7) is 0. The standard InChI is InChI=1S/C55H33N5S/c1-4-17-34(18-5-1)50-57-51(35-31-32-47-42(33-35)49-38-23-10-11-24-39(38)53-56-45-29-14-15-30-46(45)60(53)54(49)61-47)59-52(58-50)41-26-16-28-44-48(41)40-25-12-13-27-43(40)55(44,36-19-6-2-7-20-36)37-21-8-3-9-22-37/h1-33H. The third-order valence-corrected chi connectivity index (χ3v) is 13.7. The topological polar surface area (TPSA) is 56.0 Å². The lowest BCUT2D eigenvalue weighted by atomic mass is 9.67. The molecular formula is C55H33N5S. The first-order valence-corrected chi connectivity index (χ1v) is 21.4. The van der Waals surface area contributed by atoms with E-state index in [2.05, 4.69) is 186 Å². The molecule has 61 heavy (non-hydrogen) atoms. The molecule has 0 radical (unpaired) electrons. The fourth-order valence-electron chi connectivity index (χ4n) is 9.97. The predicted octanol–water partition coefficient (Wildman–Crippen LogP) is 13.6. The molecule has 6 heteroatoms. The summed E-state index contributed by atoms with van der Waals surface area (Å²) in [6, 6.07) is 71.3. The molecule has 0 saturated carbocycles. The molecule has 0 N–H and O–H groups in total. The molecule has 0 fully saturated rings. The van der Waals surface area contributed by atoms with Gasteiger partial charge in [0.05, 0.1) is 16.4 Å². The number of rotatable bonds is 5. The summed E-state index contributed by atoms with van der Waals surface area (Å²) >= 11 is 1.80. The van der Waals surface area contributed by atoms with Crippen LogP contribution in [-0.2, 0) is 5.41 Å². The number of hydrogen-bond donors (Lipinski definition) is 0. The Kier molecular flexibility index (Phi) is 7.32. The lowest BCUT2D eigenvalue weighted by Gasteiger charge is -2.33. The zero-order chi connectivity index (χ0) is 40.1. The quantitative estimate of drug-likeness (QED) is 0.174. The molecule has 0 spiro atoms. The molecule has 4 aromatic heterocycles. The number of hydrogen-bond acceptors (Lipinski definition) is 5. The van der Waals surface area contributed by atoms with E-state index in [1.807, 2.05) is 18.2 Å². The number of para-hydroxylation sites is 2. The molecule has 0 saturated heterocycles. The Balaban J connectivity index is 1.08. The van der Waals surface area contributed by atoms with Crippen molar-refractivity contribution in [2.75, 3.05) is 0 Å². The van der Waals surface area contributed by atoms with Crippen molar-refractivity contribution < 1.29 is 0 Å². The van der Waals surface area contributed by atoms with Gasteiger partial charge >= 0.3 is 0 Å². The predicted molar refractivity (Wildman–Crippen MR) is 250 cm³/mol. The highest BCUT2D eigenvalue weighted by Gasteiger charge is 2.47. The van der Waals surface area contributed by atoms with Gasteiger partial charge in [0.1, 0.15) is 10.5 Å². The molecule has 1 aliphatic rings. The largest absolute Gasteiger partial charge is 0.283 e. The Hall–Kier alpha value is -7.80. The molecule has 1 aliphatic carbocycles. The summed E-state index contributed by atoms with van der Waals surface area (Å²) in [5, 5.41) is 4.69. The number of aromatic nitrogens is 5. The molecule has 0 amide bonds. The van der Waals surface area contributed by atoms with Gasteiger partial charge in [-0.25, -0.2) is 19.9 Å². The fraction of sp³-hybridized carbons (Fsp3) is 0.0182. The van der Waals surface area contributed by atoms with Crippen molar-refractivity contribution >= 4 is 59.1 Å². The monoisotopic (exact) mass is 795 g/mol. The molecule has 0 unspecified atom stereocenters. The van der Waals surface area contributed by atoms with Crippen molar-refractivity contribution in [3.8, 4) is 45.3 Å². The van der Waals surface area contributed by atoms with Gasteiger partial charge in [0, 0.05) is 37.5 Å². The molecule has 4 heterocycles. The van der Waals surface area contributed by atoms with Gasteiger partial charge in [-0.3, -0.25) is 4.40 Å². The maximum absolute atomic E-state index is 5.43. The summed E-state index contributed by atoms with van der Waals surface area (Å²) in [4.78, 5) is 22.3. The maximum Gasteiger partial charge on any atom is 0.164 e. The fourth-order valence-corrected chi connectivity index (χ4v) is 11.2. The lowest BCUT2D eigenvalue weighted by molar-refractivity contribution is 0.768. The van der Waals surface area contributed by atoms with Gasteiger partial charge in [-0.1, -0.05) is 170 Å². The molecule has 13 rings (SSSR count). The average molecular weight is 796 g/mol. The van der Waals surface area contributed by atoms with Crippen molar-refractivity contribution in [1.29, 1.82) is 0 Å². The number of benzene rings is 8. The minimum Gasteiger partial charge on any atom is -0.283 e. The van der Waals surface area contributed by atoms with E-state index < -0.39 is 5.41 Å². The molecule has 0 atom stereocenters. The van der Waals surface area contributed by atoms with Crippen LogP contribution in [0.3, 0.4) is 0 Å². The van der Waals surface area contributed by atoms with Crippen LogP contribution in [0.2, 0.25) is 0 Å². The van der Waals surface area contributed by atoms with E-state index in [-0.39, 0.29) is 0 Å². The maximum atomic E-state index is 5.43. The van der Waals surface area contributed by atoms with Gasteiger partial charge in [0.2, 0.25) is 0 Å². The number of fused-ring (bicyclic) bond motifs is 13. The SMILES string of the molecule is c1ccc(-c2nc(-c3ccc4sc5c(c4c3)c3ccccc3c3nc4ccccc4n35)nc(-c3cccc4c3-c3ccccc3C4(c3ccccc3)c3ccccc3)n2)cc1. The Morgan fingerprint density at radius 1 is 0.426 bits per heavy atom. The van der Waals surface area contributed by atoms with Crippen LogP contribution in [0.15, 0.2) is 200 Å². The second kappa shape index (κ2) is 13.1. The Bertz CT molecular complexity index is 3670. The average Bonchev–Trinajstić information content (AvgIpc) is 4.01. The molecule has 284 valence electrons. The van der Waals surface area contributed by atoms with E-state index in [4.69, 9.17) is 19.9 Å². The number of nitrogens with zero attached hydrogens (tertiary/aromatic N) is 5. The van der Waals surface area contributed by atoms with E-state index in [0.29, 0.717) is 17.5 Å². The molecule has 12 aromatic rings. The zero-order valence-electron chi connectivity index (χ0n) is 32.7. The van der Waals surface area contributed by atoms with Crippen LogP contribution in [0.4, 0.5) is 0 Å². The van der Waals surface area contributed by atoms with Crippen molar-refractivity contribution in [3.63, 3.8) is 0 Å². The first kappa shape index (κ1) is 34.1. The number of imidazole rings is 1. The van der Waals surface area contributed by atoms with Crippen LogP contribution in [0, 0.1) is 0 Å². The summed E-state index contributed by atoms with van der Waals surface area (Å²) < 4.78 is 3.53. The Morgan fingerprint density at radius 2 is 1.03 bits per heavy atom. The summed E-state index contributed by atoms with van der Waals surface area (Å²) in [6.07, 6.45) is 0. The molecule has 0 bridgehead atoms. The highest BCUT2D eigenvalue weighted by atomic mass is 32.1. The van der Waals surface area contributed by atoms with E-state index in [1.165, 1.54) is 53.5 Å². The highest BCUT2D eigenvalue weighted by Crippen LogP contribution is 2.58. The molecule has 5 nitrogen and oxygen atoms in total. The van der Waals surface area contributed by atoms with Crippen molar-refractivity contribution in [1.82, 2.24) is 24.3 Å². The third kappa shape index (κ3) is 4.88. The van der Waals surface area contributed by atoms with Crippen molar-refractivity contribution in [2.24, 2.45) is 0 Å². The summed E-state index contributed by atoms with van der Waals surface area (Å²) in [5.41, 5.74) is 12.6. The zero-order valence-corrected chi connectivity index (χ0v) is 33.5. The highest BCUT2D eigenvalue weighted by molar-refractivity contribution is 7.25. The van der Waals surface area contributed by atoms with Gasteiger partial charge in [-0.15, -0.1) is 11.3 Å². The first-order valence-electron chi connectivity index (χ1n) is 20.6. The third-order valence-electron chi connectivity index (χ3n) is 12.5. The second-order valence-electron chi connectivity index (χ2n) is 15.7. The van der Waals surface area contributed by atoms with Crippen LogP contribution in [0.1, 0.15) is 22.3 Å². The minimum absolute atomic E-state index is 0.539. The molecular weight excluding hydrogens is 763 g/mol. The smallest absolute Gasteiger partial charge is 0.164 e. The van der Waals surface area contributed by atoms with Gasteiger partial charge in [0.25, 0.3) is 0 Å². The molecule has 8 aromatic carbocycles. The van der Waals surface area contributed by atoms with E-state index in [1.54, 1.807) is 11.3 Å². The Labute approximate surface area is 354 Å². The van der Waals surface area contributed by atoms with Gasteiger partial charge in [0.15, 0.2) is 17.5 Å². The summed E-state index contributed by atoms with van der Waals surface area (Å²) in [7, 11) is 0. The second-order valence-corrected chi connectivity index (χ2v) is 16.8. The Morgan fingerprint density at radius 3 is 1.82 bits per heavy atom.